The van der Waals surface area contributed by atoms with Crippen molar-refractivity contribution in [3.8, 4) is 0 Å². The number of alkyl halides is 3. The summed E-state index contributed by atoms with van der Waals surface area (Å²) in [6, 6.07) is 5.37. The molecule has 1 aliphatic heterocycles. The summed E-state index contributed by atoms with van der Waals surface area (Å²) in [6.45, 7) is 0.752. The highest BCUT2D eigenvalue weighted by atomic mass is 35.5. The third-order valence-corrected chi connectivity index (χ3v) is 6.48. The fraction of sp³-hybridized carbons (Fsp3) is 0.364. The molecule has 1 fully saturated rings. The molecule has 1 aliphatic carbocycles. The number of aromatic nitrogens is 3. The molecule has 0 spiro atoms. The summed E-state index contributed by atoms with van der Waals surface area (Å²) < 4.78 is 44.0. The topological polar surface area (TPSA) is 94.2 Å². The minimum absolute atomic E-state index is 0.0320. The zero-order valence-electron chi connectivity index (χ0n) is 17.3. The van der Waals surface area contributed by atoms with Crippen molar-refractivity contribution in [2.24, 2.45) is 0 Å². The van der Waals surface area contributed by atoms with Crippen LogP contribution in [0.25, 0.3) is 10.9 Å². The Hall–Kier alpha value is -2.98. The van der Waals surface area contributed by atoms with E-state index < -0.39 is 11.9 Å². The maximum atomic E-state index is 13.6. The highest BCUT2D eigenvalue weighted by molar-refractivity contribution is 6.34. The van der Waals surface area contributed by atoms with Gasteiger partial charge in [0.05, 0.1) is 41.6 Å². The summed E-state index contributed by atoms with van der Waals surface area (Å²) in [5, 5.41) is 7.93. The number of rotatable bonds is 4. The van der Waals surface area contributed by atoms with Gasteiger partial charge in [-0.05, 0) is 49.1 Å². The van der Waals surface area contributed by atoms with Crippen molar-refractivity contribution in [2.75, 3.05) is 5.73 Å². The van der Waals surface area contributed by atoms with Crippen LogP contribution in [0.3, 0.4) is 0 Å². The van der Waals surface area contributed by atoms with Gasteiger partial charge in [-0.3, -0.25) is 4.79 Å². The Labute approximate surface area is 191 Å². The van der Waals surface area contributed by atoms with Gasteiger partial charge in [-0.1, -0.05) is 11.6 Å². The standard InChI is InChI=1S/C22H19ClF3N5O2/c23-17-7-18-13(15-9-33-10-16(15)20(27)28-18)6-14(17)21(32)31(12-2-1-3-12)8-11-4-5-19(30-29-11)22(24,25)26/h4-7,12H,1-3,8-10H2,(H2,27,28). The van der Waals surface area contributed by atoms with Crippen LogP contribution in [0, 0.1) is 0 Å². The number of benzene rings is 1. The summed E-state index contributed by atoms with van der Waals surface area (Å²) >= 11 is 6.47. The normalized spacial score (nSPS) is 16.0. The van der Waals surface area contributed by atoms with E-state index >= 15 is 0 Å². The van der Waals surface area contributed by atoms with Crippen LogP contribution >= 0.6 is 11.6 Å². The van der Waals surface area contributed by atoms with Gasteiger partial charge in [0.25, 0.3) is 5.91 Å². The van der Waals surface area contributed by atoms with Crippen molar-refractivity contribution in [1.82, 2.24) is 20.1 Å². The first-order chi connectivity index (χ1) is 15.7. The lowest BCUT2D eigenvalue weighted by molar-refractivity contribution is -0.141. The second-order valence-corrected chi connectivity index (χ2v) is 8.63. The number of halogens is 4. The molecule has 33 heavy (non-hydrogen) atoms. The first kappa shape index (κ1) is 21.8. The molecule has 11 heteroatoms. The van der Waals surface area contributed by atoms with Crippen LogP contribution in [0.2, 0.25) is 5.02 Å². The molecule has 2 aromatic heterocycles. The molecule has 0 radical (unpaired) electrons. The van der Waals surface area contributed by atoms with Crippen LogP contribution in [0.1, 0.15) is 52.1 Å². The number of nitrogens with zero attached hydrogens (tertiary/aromatic N) is 4. The van der Waals surface area contributed by atoms with E-state index in [4.69, 9.17) is 22.1 Å². The van der Waals surface area contributed by atoms with E-state index in [-0.39, 0.29) is 34.8 Å². The van der Waals surface area contributed by atoms with Crippen molar-refractivity contribution in [3.05, 3.63) is 57.4 Å². The third kappa shape index (κ3) is 3.97. The quantitative estimate of drug-likeness (QED) is 0.594. The van der Waals surface area contributed by atoms with Gasteiger partial charge in [0.1, 0.15) is 5.82 Å². The molecule has 2 aliphatic rings. The van der Waals surface area contributed by atoms with Gasteiger partial charge in [0, 0.05) is 17.0 Å². The Balaban J connectivity index is 1.50. The molecular formula is C22H19ClF3N5O2. The lowest BCUT2D eigenvalue weighted by Gasteiger charge is -2.37. The molecule has 3 aromatic rings. The highest BCUT2D eigenvalue weighted by Crippen LogP contribution is 2.35. The molecule has 172 valence electrons. The number of pyridine rings is 1. The molecule has 5 rings (SSSR count). The number of carbonyl (C=O) groups excluding carboxylic acids is 1. The fourth-order valence-electron chi connectivity index (χ4n) is 4.15. The molecule has 2 N–H and O–H groups in total. The SMILES string of the molecule is Nc1nc2cc(Cl)c(C(=O)N(Cc3ccc(C(F)(F)F)nn3)C3CCC3)cc2c2c1COC2. The van der Waals surface area contributed by atoms with E-state index in [1.165, 1.54) is 6.07 Å². The zero-order chi connectivity index (χ0) is 23.3. The maximum absolute atomic E-state index is 13.6. The van der Waals surface area contributed by atoms with Crippen molar-refractivity contribution in [1.29, 1.82) is 0 Å². The minimum atomic E-state index is -4.57. The first-order valence-corrected chi connectivity index (χ1v) is 10.8. The summed E-state index contributed by atoms with van der Waals surface area (Å²) in [5.41, 5.74) is 7.77. The van der Waals surface area contributed by atoms with E-state index in [1.807, 2.05) is 0 Å². The molecule has 0 atom stereocenters. The summed E-state index contributed by atoms with van der Waals surface area (Å²) in [6.07, 6.45) is -2.01. The van der Waals surface area contributed by atoms with Gasteiger partial charge in [-0.15, -0.1) is 5.10 Å². The highest BCUT2D eigenvalue weighted by Gasteiger charge is 2.34. The summed E-state index contributed by atoms with van der Waals surface area (Å²) in [5.74, 6) is 0.0555. The van der Waals surface area contributed by atoms with E-state index in [9.17, 15) is 18.0 Å². The maximum Gasteiger partial charge on any atom is 0.435 e. The summed E-state index contributed by atoms with van der Waals surface area (Å²) in [7, 11) is 0. The van der Waals surface area contributed by atoms with E-state index in [2.05, 4.69) is 15.2 Å². The molecule has 1 aromatic carbocycles. The lowest BCUT2D eigenvalue weighted by atomic mass is 9.90. The van der Waals surface area contributed by atoms with Crippen molar-refractivity contribution in [3.63, 3.8) is 0 Å². The minimum Gasteiger partial charge on any atom is -0.383 e. The predicted molar refractivity (Wildman–Crippen MR) is 114 cm³/mol. The first-order valence-electron chi connectivity index (χ1n) is 10.4. The Morgan fingerprint density at radius 1 is 1.18 bits per heavy atom. The van der Waals surface area contributed by atoms with Crippen LogP contribution in [0.15, 0.2) is 24.3 Å². The third-order valence-electron chi connectivity index (χ3n) is 6.17. The average Bonchev–Trinajstić information content (AvgIpc) is 3.22. The number of nitrogens with two attached hydrogens (primary N) is 1. The largest absolute Gasteiger partial charge is 0.435 e. The molecule has 1 amide bonds. The molecule has 0 unspecified atom stereocenters. The van der Waals surface area contributed by atoms with E-state index in [1.54, 1.807) is 17.0 Å². The fourth-order valence-corrected chi connectivity index (χ4v) is 4.38. The second-order valence-electron chi connectivity index (χ2n) is 8.22. The van der Waals surface area contributed by atoms with Gasteiger partial charge >= 0.3 is 6.18 Å². The van der Waals surface area contributed by atoms with E-state index in [0.717, 1.165) is 41.8 Å². The van der Waals surface area contributed by atoms with Crippen LogP contribution in [-0.2, 0) is 30.7 Å². The predicted octanol–water partition coefficient (Wildman–Crippen LogP) is 4.50. The van der Waals surface area contributed by atoms with Crippen LogP contribution in [0.4, 0.5) is 19.0 Å². The number of hydrogen-bond acceptors (Lipinski definition) is 6. The van der Waals surface area contributed by atoms with Gasteiger partial charge < -0.3 is 15.4 Å². The van der Waals surface area contributed by atoms with Crippen LogP contribution in [-0.4, -0.2) is 32.0 Å². The molecule has 0 saturated heterocycles. The molecule has 3 heterocycles. The smallest absolute Gasteiger partial charge is 0.383 e. The Morgan fingerprint density at radius 2 is 1.94 bits per heavy atom. The zero-order valence-corrected chi connectivity index (χ0v) is 18.1. The van der Waals surface area contributed by atoms with Crippen LogP contribution < -0.4 is 5.73 Å². The van der Waals surface area contributed by atoms with Crippen molar-refractivity contribution in [2.45, 2.75) is 51.2 Å². The van der Waals surface area contributed by atoms with Gasteiger partial charge in [0.2, 0.25) is 0 Å². The van der Waals surface area contributed by atoms with Gasteiger partial charge in [-0.2, -0.15) is 18.3 Å². The van der Waals surface area contributed by atoms with E-state index in [0.29, 0.717) is 24.5 Å². The number of anilines is 1. The number of ether oxygens (including phenoxy) is 1. The number of hydrogen-bond donors (Lipinski definition) is 1. The number of carbonyl (C=O) groups is 1. The Kier molecular flexibility index (Phi) is 5.37. The van der Waals surface area contributed by atoms with Crippen molar-refractivity contribution >= 4 is 34.2 Å². The summed E-state index contributed by atoms with van der Waals surface area (Å²) in [4.78, 5) is 19.6. The van der Waals surface area contributed by atoms with Crippen molar-refractivity contribution < 1.29 is 22.7 Å². The Morgan fingerprint density at radius 3 is 2.58 bits per heavy atom. The molecule has 0 bridgehead atoms. The molecule has 1 saturated carbocycles. The average molecular weight is 478 g/mol. The number of amides is 1. The second kappa shape index (κ2) is 8.11. The van der Waals surface area contributed by atoms with Crippen LogP contribution in [0.5, 0.6) is 0 Å². The molecular weight excluding hydrogens is 459 g/mol. The van der Waals surface area contributed by atoms with Gasteiger partial charge in [-0.25, -0.2) is 4.98 Å². The number of fused-ring (bicyclic) bond motifs is 3. The number of nitrogen functional groups attached to an aromatic ring is 1. The lowest BCUT2D eigenvalue weighted by Crippen LogP contribution is -2.44. The monoisotopic (exact) mass is 477 g/mol. The Bertz CT molecular complexity index is 1250. The molecule has 7 nitrogen and oxygen atoms in total. The van der Waals surface area contributed by atoms with Gasteiger partial charge in [0.15, 0.2) is 5.69 Å².